The molecule has 0 radical (unpaired) electrons. The van der Waals surface area contributed by atoms with Crippen molar-refractivity contribution in [2.75, 3.05) is 7.11 Å². The van der Waals surface area contributed by atoms with Gasteiger partial charge in [-0.2, -0.15) is 0 Å². The smallest absolute Gasteiger partial charge is 0.341 e. The van der Waals surface area contributed by atoms with Crippen LogP contribution in [0.1, 0.15) is 10.4 Å². The van der Waals surface area contributed by atoms with Crippen molar-refractivity contribution in [1.82, 2.24) is 4.98 Å². The molecule has 0 amide bonds. The van der Waals surface area contributed by atoms with Crippen LogP contribution in [-0.4, -0.2) is 28.1 Å². The van der Waals surface area contributed by atoms with Crippen LogP contribution in [0.25, 0.3) is 0 Å². The number of nitrogens with zero attached hydrogens (tertiary/aromatic N) is 2. The van der Waals surface area contributed by atoms with Crippen LogP contribution in [0.5, 0.6) is 17.2 Å². The van der Waals surface area contributed by atoms with Gasteiger partial charge in [0.15, 0.2) is 0 Å². The summed E-state index contributed by atoms with van der Waals surface area (Å²) in [6.45, 7) is 0. The Morgan fingerprint density at radius 2 is 2.10 bits per heavy atom. The number of methoxy groups -OCH3 is 1. The Morgan fingerprint density at radius 1 is 1.33 bits per heavy atom. The predicted molar refractivity (Wildman–Crippen MR) is 70.9 cm³/mol. The van der Waals surface area contributed by atoms with Crippen molar-refractivity contribution < 1.29 is 24.3 Å². The van der Waals surface area contributed by atoms with E-state index in [0.29, 0.717) is 5.75 Å². The minimum absolute atomic E-state index is 0.0363. The van der Waals surface area contributed by atoms with E-state index in [-0.39, 0.29) is 22.7 Å². The Kier molecular flexibility index (Phi) is 3.98. The highest BCUT2D eigenvalue weighted by Gasteiger charge is 2.20. The Labute approximate surface area is 118 Å². The van der Waals surface area contributed by atoms with Crippen molar-refractivity contribution in [2.24, 2.45) is 0 Å². The zero-order valence-electron chi connectivity index (χ0n) is 10.8. The molecule has 0 fully saturated rings. The SMILES string of the molecule is COc1ccc(Oc2ccncc2C(=O)O)c([N+](=O)[O-])c1. The van der Waals surface area contributed by atoms with Gasteiger partial charge in [-0.1, -0.05) is 0 Å². The van der Waals surface area contributed by atoms with Crippen LogP contribution in [-0.2, 0) is 0 Å². The maximum absolute atomic E-state index is 11.1. The molecule has 1 aromatic carbocycles. The van der Waals surface area contributed by atoms with Crippen LogP contribution in [0.4, 0.5) is 5.69 Å². The van der Waals surface area contributed by atoms with E-state index in [1.165, 1.54) is 37.6 Å². The molecule has 1 N–H and O–H groups in total. The summed E-state index contributed by atoms with van der Waals surface area (Å²) >= 11 is 0. The number of hydrogen-bond donors (Lipinski definition) is 1. The molecule has 21 heavy (non-hydrogen) atoms. The minimum Gasteiger partial charge on any atom is -0.496 e. The summed E-state index contributed by atoms with van der Waals surface area (Å²) in [6.07, 6.45) is 2.43. The lowest BCUT2D eigenvalue weighted by Crippen LogP contribution is -2.02. The fourth-order valence-electron chi connectivity index (χ4n) is 1.60. The second kappa shape index (κ2) is 5.87. The van der Waals surface area contributed by atoms with Gasteiger partial charge in [0.25, 0.3) is 0 Å². The maximum Gasteiger partial charge on any atom is 0.341 e. The largest absolute Gasteiger partial charge is 0.496 e. The third kappa shape index (κ3) is 3.06. The van der Waals surface area contributed by atoms with Gasteiger partial charge in [0, 0.05) is 18.5 Å². The summed E-state index contributed by atoms with van der Waals surface area (Å²) in [5.74, 6) is -1.07. The van der Waals surface area contributed by atoms with Gasteiger partial charge in [-0.3, -0.25) is 15.1 Å². The van der Waals surface area contributed by atoms with Crippen molar-refractivity contribution in [2.45, 2.75) is 0 Å². The van der Waals surface area contributed by atoms with Crippen LogP contribution in [0.15, 0.2) is 36.7 Å². The standard InChI is InChI=1S/C13H10N2O6/c1-20-8-2-3-12(10(6-8)15(18)19)21-11-4-5-14-7-9(11)13(16)17/h2-7H,1H3,(H,16,17). The topological polar surface area (TPSA) is 112 Å². The number of benzene rings is 1. The van der Waals surface area contributed by atoms with Gasteiger partial charge in [-0.15, -0.1) is 0 Å². The Bertz CT molecular complexity index is 701. The highest BCUT2D eigenvalue weighted by molar-refractivity contribution is 5.90. The molecule has 2 rings (SSSR count). The number of ether oxygens (including phenoxy) is 2. The number of nitro groups is 1. The maximum atomic E-state index is 11.1. The molecule has 1 heterocycles. The molecule has 0 aliphatic rings. The second-order valence-electron chi connectivity index (χ2n) is 3.87. The molecule has 0 atom stereocenters. The normalized spacial score (nSPS) is 9.95. The third-order valence-electron chi connectivity index (χ3n) is 2.59. The van der Waals surface area contributed by atoms with E-state index in [1.54, 1.807) is 0 Å². The van der Waals surface area contributed by atoms with Gasteiger partial charge < -0.3 is 14.6 Å². The first-order chi connectivity index (χ1) is 10.0. The van der Waals surface area contributed by atoms with E-state index in [0.717, 1.165) is 6.20 Å². The Morgan fingerprint density at radius 3 is 2.71 bits per heavy atom. The summed E-state index contributed by atoms with van der Waals surface area (Å²) in [5.41, 5.74) is -0.523. The van der Waals surface area contributed by atoms with Crippen molar-refractivity contribution in [3.05, 3.63) is 52.3 Å². The average molecular weight is 290 g/mol. The fraction of sp³-hybridized carbons (Fsp3) is 0.0769. The molecule has 0 aliphatic carbocycles. The molecule has 1 aromatic heterocycles. The average Bonchev–Trinajstić information content (AvgIpc) is 2.47. The number of rotatable bonds is 5. The fourth-order valence-corrected chi connectivity index (χ4v) is 1.60. The minimum atomic E-state index is -1.24. The third-order valence-corrected chi connectivity index (χ3v) is 2.59. The van der Waals surface area contributed by atoms with Gasteiger partial charge in [-0.05, 0) is 12.1 Å². The molecule has 0 aliphatic heterocycles. The molecule has 108 valence electrons. The zero-order valence-corrected chi connectivity index (χ0v) is 10.8. The van der Waals surface area contributed by atoms with E-state index in [9.17, 15) is 14.9 Å². The highest BCUT2D eigenvalue weighted by atomic mass is 16.6. The first kappa shape index (κ1) is 14.3. The number of aromatic nitrogens is 1. The molecular weight excluding hydrogens is 280 g/mol. The lowest BCUT2D eigenvalue weighted by atomic mass is 10.2. The first-order valence-electron chi connectivity index (χ1n) is 5.70. The number of carboxylic acids is 1. The van der Waals surface area contributed by atoms with E-state index >= 15 is 0 Å². The van der Waals surface area contributed by atoms with Crippen LogP contribution in [0.3, 0.4) is 0 Å². The number of hydrogen-bond acceptors (Lipinski definition) is 6. The number of nitro benzene ring substituents is 1. The summed E-state index contributed by atoms with van der Waals surface area (Å²) in [4.78, 5) is 25.1. The zero-order chi connectivity index (χ0) is 15.4. The van der Waals surface area contributed by atoms with Crippen LogP contribution in [0, 0.1) is 10.1 Å². The quantitative estimate of drug-likeness (QED) is 0.664. The Balaban J connectivity index is 2.45. The number of carbonyl (C=O) groups is 1. The van der Waals surface area contributed by atoms with Gasteiger partial charge in [0.1, 0.15) is 17.1 Å². The second-order valence-corrected chi connectivity index (χ2v) is 3.87. The number of pyridine rings is 1. The van der Waals surface area contributed by atoms with Crippen molar-refractivity contribution in [3.63, 3.8) is 0 Å². The van der Waals surface area contributed by atoms with Gasteiger partial charge in [-0.25, -0.2) is 4.79 Å². The van der Waals surface area contributed by atoms with Gasteiger partial charge in [0.05, 0.1) is 18.1 Å². The molecular formula is C13H10N2O6. The lowest BCUT2D eigenvalue weighted by molar-refractivity contribution is -0.385. The molecule has 0 saturated heterocycles. The van der Waals surface area contributed by atoms with Crippen LogP contribution in [0.2, 0.25) is 0 Å². The van der Waals surface area contributed by atoms with Gasteiger partial charge >= 0.3 is 11.7 Å². The van der Waals surface area contributed by atoms with E-state index in [1.807, 2.05) is 0 Å². The van der Waals surface area contributed by atoms with Crippen molar-refractivity contribution in [3.8, 4) is 17.2 Å². The van der Waals surface area contributed by atoms with E-state index < -0.39 is 10.9 Å². The summed E-state index contributed by atoms with van der Waals surface area (Å²) in [7, 11) is 1.38. The van der Waals surface area contributed by atoms with E-state index in [4.69, 9.17) is 14.6 Å². The Hall–Kier alpha value is -3.16. The van der Waals surface area contributed by atoms with Crippen molar-refractivity contribution >= 4 is 11.7 Å². The molecule has 8 heteroatoms. The molecule has 0 unspecified atom stereocenters. The number of carboxylic acid groups (broad SMARTS) is 1. The molecule has 2 aromatic rings. The summed E-state index contributed by atoms with van der Waals surface area (Å²) in [6, 6.07) is 5.32. The monoisotopic (exact) mass is 290 g/mol. The van der Waals surface area contributed by atoms with Crippen molar-refractivity contribution in [1.29, 1.82) is 0 Å². The molecule has 0 bridgehead atoms. The van der Waals surface area contributed by atoms with Crippen LogP contribution < -0.4 is 9.47 Å². The summed E-state index contributed by atoms with van der Waals surface area (Å²) < 4.78 is 10.3. The lowest BCUT2D eigenvalue weighted by Gasteiger charge is -2.09. The summed E-state index contributed by atoms with van der Waals surface area (Å²) in [5, 5.41) is 20.1. The van der Waals surface area contributed by atoms with Gasteiger partial charge in [0.2, 0.25) is 5.75 Å². The highest BCUT2D eigenvalue weighted by Crippen LogP contribution is 2.35. The predicted octanol–water partition coefficient (Wildman–Crippen LogP) is 2.49. The van der Waals surface area contributed by atoms with E-state index in [2.05, 4.69) is 4.98 Å². The number of aromatic carboxylic acids is 1. The molecule has 0 saturated carbocycles. The van der Waals surface area contributed by atoms with Crippen LogP contribution >= 0.6 is 0 Å². The molecule has 8 nitrogen and oxygen atoms in total. The molecule has 0 spiro atoms. The first-order valence-corrected chi connectivity index (χ1v) is 5.70.